The number of esters is 2. The van der Waals surface area contributed by atoms with Crippen LogP contribution in [0.4, 0.5) is 0 Å². The highest BCUT2D eigenvalue weighted by Gasteiger charge is 2.35. The Morgan fingerprint density at radius 1 is 1.09 bits per heavy atom. The van der Waals surface area contributed by atoms with Crippen molar-refractivity contribution >= 4 is 22.8 Å². The Labute approximate surface area is 128 Å². The number of carbonyl (C=O) groups is 2. The Morgan fingerprint density at radius 2 is 1.68 bits per heavy atom. The lowest BCUT2D eigenvalue weighted by molar-refractivity contribution is -0.154. The molecule has 0 N–H and O–H groups in total. The van der Waals surface area contributed by atoms with E-state index in [-0.39, 0.29) is 6.61 Å². The summed E-state index contributed by atoms with van der Waals surface area (Å²) in [6, 6.07) is 7.54. The van der Waals surface area contributed by atoms with E-state index in [4.69, 9.17) is 14.2 Å². The van der Waals surface area contributed by atoms with Crippen molar-refractivity contribution in [1.82, 2.24) is 4.57 Å². The highest BCUT2D eigenvalue weighted by molar-refractivity contribution is 6.05. The molecule has 2 aromatic rings. The predicted molar refractivity (Wildman–Crippen MR) is 80.4 cm³/mol. The molecule has 0 bridgehead atoms. The van der Waals surface area contributed by atoms with Crippen molar-refractivity contribution in [1.29, 1.82) is 0 Å². The standard InChI is InChI=1S/C16H19NO5/c1-17-11-8-6-5-7-10(11)13(12(17)9-20-2)14(15(18)21-3)16(19)22-4/h5-8,14H,9H2,1-4H3. The van der Waals surface area contributed by atoms with Crippen molar-refractivity contribution in [3.05, 3.63) is 35.5 Å². The van der Waals surface area contributed by atoms with E-state index in [0.717, 1.165) is 16.6 Å². The molecule has 0 atom stereocenters. The first-order valence-corrected chi connectivity index (χ1v) is 6.77. The zero-order valence-corrected chi connectivity index (χ0v) is 13.1. The molecule has 0 amide bonds. The number of nitrogens with zero attached hydrogens (tertiary/aromatic N) is 1. The van der Waals surface area contributed by atoms with Crippen molar-refractivity contribution < 1.29 is 23.8 Å². The van der Waals surface area contributed by atoms with Crippen LogP contribution in [0.15, 0.2) is 24.3 Å². The fourth-order valence-corrected chi connectivity index (χ4v) is 2.68. The Balaban J connectivity index is 2.77. The van der Waals surface area contributed by atoms with Crippen LogP contribution in [0.1, 0.15) is 17.2 Å². The number of fused-ring (bicyclic) bond motifs is 1. The van der Waals surface area contributed by atoms with Gasteiger partial charge in [-0.05, 0) is 6.07 Å². The van der Waals surface area contributed by atoms with E-state index in [2.05, 4.69) is 0 Å². The summed E-state index contributed by atoms with van der Waals surface area (Å²) in [7, 11) is 5.93. The first-order chi connectivity index (χ1) is 10.6. The second-order valence-corrected chi connectivity index (χ2v) is 4.85. The molecule has 1 aromatic carbocycles. The van der Waals surface area contributed by atoms with Gasteiger partial charge in [0.25, 0.3) is 0 Å². The summed E-state index contributed by atoms with van der Waals surface area (Å²) in [6.45, 7) is 0.269. The number of hydrogen-bond donors (Lipinski definition) is 0. The van der Waals surface area contributed by atoms with E-state index < -0.39 is 17.9 Å². The van der Waals surface area contributed by atoms with Crippen molar-refractivity contribution in [2.24, 2.45) is 7.05 Å². The molecule has 0 saturated carbocycles. The Morgan fingerprint density at radius 3 is 2.23 bits per heavy atom. The molecule has 1 aromatic heterocycles. The van der Waals surface area contributed by atoms with Crippen molar-refractivity contribution in [2.45, 2.75) is 12.5 Å². The molecule has 2 rings (SSSR count). The van der Waals surface area contributed by atoms with E-state index >= 15 is 0 Å². The lowest BCUT2D eigenvalue weighted by Crippen LogP contribution is -2.25. The lowest BCUT2D eigenvalue weighted by atomic mass is 9.96. The normalized spacial score (nSPS) is 11.0. The van der Waals surface area contributed by atoms with Crippen LogP contribution in [-0.2, 0) is 37.5 Å². The van der Waals surface area contributed by atoms with Crippen molar-refractivity contribution in [3.8, 4) is 0 Å². The highest BCUT2D eigenvalue weighted by Crippen LogP contribution is 2.33. The minimum atomic E-state index is -1.13. The summed E-state index contributed by atoms with van der Waals surface area (Å²) in [5, 5.41) is 0.804. The molecule has 0 aliphatic heterocycles. The first kappa shape index (κ1) is 16.0. The van der Waals surface area contributed by atoms with Gasteiger partial charge >= 0.3 is 11.9 Å². The molecule has 0 saturated heterocycles. The van der Waals surface area contributed by atoms with Gasteiger partial charge in [0.2, 0.25) is 0 Å². The predicted octanol–water partition coefficient (Wildman–Crippen LogP) is 1.75. The molecular weight excluding hydrogens is 286 g/mol. The summed E-state index contributed by atoms with van der Waals surface area (Å²) < 4.78 is 16.7. The van der Waals surface area contributed by atoms with Crippen LogP contribution in [0.2, 0.25) is 0 Å². The topological polar surface area (TPSA) is 66.8 Å². The van der Waals surface area contributed by atoms with E-state index in [1.807, 2.05) is 35.9 Å². The smallest absolute Gasteiger partial charge is 0.324 e. The van der Waals surface area contributed by atoms with Crippen LogP contribution < -0.4 is 0 Å². The van der Waals surface area contributed by atoms with Crippen LogP contribution in [0.5, 0.6) is 0 Å². The van der Waals surface area contributed by atoms with Gasteiger partial charge in [0.15, 0.2) is 5.92 Å². The highest BCUT2D eigenvalue weighted by atomic mass is 16.5. The quantitative estimate of drug-likeness (QED) is 0.622. The fraction of sp³-hybridized carbons (Fsp3) is 0.375. The minimum absolute atomic E-state index is 0.269. The van der Waals surface area contributed by atoms with Crippen molar-refractivity contribution in [2.75, 3.05) is 21.3 Å². The lowest BCUT2D eigenvalue weighted by Gasteiger charge is -2.15. The van der Waals surface area contributed by atoms with Crippen LogP contribution in [0, 0.1) is 0 Å². The van der Waals surface area contributed by atoms with Gasteiger partial charge in [-0.15, -0.1) is 0 Å². The third-order valence-electron chi connectivity index (χ3n) is 3.71. The molecule has 0 fully saturated rings. The number of aryl methyl sites for hydroxylation is 1. The minimum Gasteiger partial charge on any atom is -0.468 e. The maximum absolute atomic E-state index is 12.1. The summed E-state index contributed by atoms with van der Waals surface area (Å²) in [5.41, 5.74) is 2.21. The van der Waals surface area contributed by atoms with Gasteiger partial charge in [0.1, 0.15) is 0 Å². The number of carbonyl (C=O) groups excluding carboxylic acids is 2. The molecule has 6 heteroatoms. The van der Waals surface area contributed by atoms with E-state index in [9.17, 15) is 9.59 Å². The zero-order chi connectivity index (χ0) is 16.3. The third kappa shape index (κ3) is 2.57. The molecule has 0 radical (unpaired) electrons. The van der Waals surface area contributed by atoms with Gasteiger partial charge in [-0.25, -0.2) is 0 Å². The number of methoxy groups -OCH3 is 3. The zero-order valence-electron chi connectivity index (χ0n) is 13.1. The average molecular weight is 305 g/mol. The van der Waals surface area contributed by atoms with E-state index in [1.54, 1.807) is 7.11 Å². The number of benzene rings is 1. The number of aromatic nitrogens is 1. The van der Waals surface area contributed by atoms with Crippen LogP contribution in [0.3, 0.4) is 0 Å². The van der Waals surface area contributed by atoms with Crippen molar-refractivity contribution in [3.63, 3.8) is 0 Å². The molecular formula is C16H19NO5. The summed E-state index contributed by atoms with van der Waals surface area (Å²) >= 11 is 0. The van der Waals surface area contributed by atoms with Gasteiger partial charge < -0.3 is 18.8 Å². The summed E-state index contributed by atoms with van der Waals surface area (Å²) in [6.07, 6.45) is 0. The van der Waals surface area contributed by atoms with Crippen LogP contribution in [0.25, 0.3) is 10.9 Å². The largest absolute Gasteiger partial charge is 0.468 e. The van der Waals surface area contributed by atoms with Gasteiger partial charge in [-0.1, -0.05) is 18.2 Å². The number of rotatable bonds is 5. The Bertz CT molecular complexity index is 688. The first-order valence-electron chi connectivity index (χ1n) is 6.77. The van der Waals surface area contributed by atoms with Gasteiger partial charge in [0, 0.05) is 36.3 Å². The molecule has 0 unspecified atom stereocenters. The van der Waals surface area contributed by atoms with Gasteiger partial charge in [0.05, 0.1) is 20.8 Å². The molecule has 6 nitrogen and oxygen atoms in total. The fourth-order valence-electron chi connectivity index (χ4n) is 2.68. The number of para-hydroxylation sites is 1. The summed E-state index contributed by atoms with van der Waals surface area (Å²) in [4.78, 5) is 24.3. The Kier molecular flexibility index (Phi) is 4.82. The molecule has 118 valence electrons. The maximum Gasteiger partial charge on any atom is 0.324 e. The van der Waals surface area contributed by atoms with E-state index in [0.29, 0.717) is 5.56 Å². The van der Waals surface area contributed by atoms with Crippen LogP contribution >= 0.6 is 0 Å². The molecule has 1 heterocycles. The number of hydrogen-bond acceptors (Lipinski definition) is 5. The summed E-state index contributed by atoms with van der Waals surface area (Å²) in [5.74, 6) is -2.44. The maximum atomic E-state index is 12.1. The average Bonchev–Trinajstić information content (AvgIpc) is 2.81. The van der Waals surface area contributed by atoms with Crippen LogP contribution in [-0.4, -0.2) is 37.8 Å². The SMILES string of the molecule is COCc1c(C(C(=O)OC)C(=O)OC)c2ccccc2n1C. The van der Waals surface area contributed by atoms with Gasteiger partial charge in [-0.3, -0.25) is 9.59 Å². The molecule has 22 heavy (non-hydrogen) atoms. The third-order valence-corrected chi connectivity index (χ3v) is 3.71. The molecule has 0 aliphatic carbocycles. The van der Waals surface area contributed by atoms with Gasteiger partial charge in [-0.2, -0.15) is 0 Å². The van der Waals surface area contributed by atoms with E-state index in [1.165, 1.54) is 14.2 Å². The Hall–Kier alpha value is -2.34. The number of ether oxygens (including phenoxy) is 3. The monoisotopic (exact) mass is 305 g/mol. The molecule has 0 aliphatic rings. The molecule has 0 spiro atoms. The second kappa shape index (κ2) is 6.62. The second-order valence-electron chi connectivity index (χ2n) is 4.85.